The first-order valence-electron chi connectivity index (χ1n) is 5.55. The van der Waals surface area contributed by atoms with E-state index in [9.17, 15) is 0 Å². The molecule has 84 valence electrons. The SMILES string of the molecule is Cc1cc(SCC2CCCO2)ccc1C#N. The summed E-state index contributed by atoms with van der Waals surface area (Å²) in [5.74, 6) is 1.02. The highest BCUT2D eigenvalue weighted by Crippen LogP contribution is 2.25. The first-order valence-corrected chi connectivity index (χ1v) is 6.53. The van der Waals surface area contributed by atoms with E-state index in [1.165, 1.54) is 17.7 Å². The first kappa shape index (κ1) is 11.5. The molecule has 0 saturated carbocycles. The van der Waals surface area contributed by atoms with E-state index in [0.717, 1.165) is 23.5 Å². The number of aryl methyl sites for hydroxylation is 1. The van der Waals surface area contributed by atoms with Crippen molar-refractivity contribution >= 4 is 11.8 Å². The number of nitriles is 1. The molecule has 3 heteroatoms. The molecule has 1 aromatic carbocycles. The molecule has 1 atom stereocenters. The van der Waals surface area contributed by atoms with Crippen LogP contribution in [0, 0.1) is 18.3 Å². The quantitative estimate of drug-likeness (QED) is 0.752. The van der Waals surface area contributed by atoms with Gasteiger partial charge in [0, 0.05) is 17.3 Å². The molecule has 1 aliphatic heterocycles. The summed E-state index contributed by atoms with van der Waals surface area (Å²) in [7, 11) is 0. The van der Waals surface area contributed by atoms with Gasteiger partial charge < -0.3 is 4.74 Å². The summed E-state index contributed by atoms with van der Waals surface area (Å²) >= 11 is 1.82. The molecule has 1 heterocycles. The maximum absolute atomic E-state index is 8.84. The third-order valence-electron chi connectivity index (χ3n) is 2.78. The normalized spacial score (nSPS) is 19.6. The monoisotopic (exact) mass is 233 g/mol. The Labute approximate surface area is 101 Å². The molecule has 1 aliphatic rings. The number of rotatable bonds is 3. The van der Waals surface area contributed by atoms with Crippen LogP contribution in [-0.2, 0) is 4.74 Å². The highest BCUT2D eigenvalue weighted by molar-refractivity contribution is 7.99. The van der Waals surface area contributed by atoms with E-state index in [1.807, 2.05) is 30.8 Å². The van der Waals surface area contributed by atoms with Crippen LogP contribution in [0.1, 0.15) is 24.0 Å². The second-order valence-electron chi connectivity index (χ2n) is 4.03. The summed E-state index contributed by atoms with van der Waals surface area (Å²) in [4.78, 5) is 1.23. The average molecular weight is 233 g/mol. The van der Waals surface area contributed by atoms with Gasteiger partial charge in [0.2, 0.25) is 0 Å². The minimum Gasteiger partial charge on any atom is -0.377 e. The number of hydrogen-bond donors (Lipinski definition) is 0. The largest absolute Gasteiger partial charge is 0.377 e. The molecule has 1 aromatic rings. The zero-order valence-electron chi connectivity index (χ0n) is 9.40. The van der Waals surface area contributed by atoms with Gasteiger partial charge in [0.1, 0.15) is 0 Å². The fraction of sp³-hybridized carbons (Fsp3) is 0.462. The van der Waals surface area contributed by atoms with E-state index in [4.69, 9.17) is 10.00 Å². The Kier molecular flexibility index (Phi) is 3.87. The smallest absolute Gasteiger partial charge is 0.0994 e. The highest BCUT2D eigenvalue weighted by Gasteiger charge is 2.15. The van der Waals surface area contributed by atoms with Gasteiger partial charge in [0.25, 0.3) is 0 Å². The summed E-state index contributed by atoms with van der Waals surface area (Å²) in [5.41, 5.74) is 1.82. The van der Waals surface area contributed by atoms with Crippen molar-refractivity contribution in [2.24, 2.45) is 0 Å². The molecule has 16 heavy (non-hydrogen) atoms. The molecule has 0 amide bonds. The minimum absolute atomic E-state index is 0.418. The lowest BCUT2D eigenvalue weighted by Crippen LogP contribution is -2.07. The van der Waals surface area contributed by atoms with E-state index in [1.54, 1.807) is 0 Å². The third-order valence-corrected chi connectivity index (χ3v) is 3.90. The summed E-state index contributed by atoms with van der Waals surface area (Å²) < 4.78 is 5.58. The van der Waals surface area contributed by atoms with Gasteiger partial charge in [-0.05, 0) is 43.5 Å². The fourth-order valence-electron chi connectivity index (χ4n) is 1.82. The van der Waals surface area contributed by atoms with Crippen molar-refractivity contribution in [3.63, 3.8) is 0 Å². The van der Waals surface area contributed by atoms with Crippen LogP contribution in [0.5, 0.6) is 0 Å². The van der Waals surface area contributed by atoms with E-state index in [-0.39, 0.29) is 0 Å². The second kappa shape index (κ2) is 5.38. The fourth-order valence-corrected chi connectivity index (χ4v) is 2.88. The number of ether oxygens (including phenoxy) is 1. The lowest BCUT2D eigenvalue weighted by Gasteiger charge is -2.09. The van der Waals surface area contributed by atoms with Crippen molar-refractivity contribution in [2.75, 3.05) is 12.4 Å². The third kappa shape index (κ3) is 2.78. The van der Waals surface area contributed by atoms with Crippen LogP contribution >= 0.6 is 11.8 Å². The van der Waals surface area contributed by atoms with Gasteiger partial charge in [-0.15, -0.1) is 11.8 Å². The van der Waals surface area contributed by atoms with Gasteiger partial charge in [-0.25, -0.2) is 0 Å². The minimum atomic E-state index is 0.418. The van der Waals surface area contributed by atoms with E-state index >= 15 is 0 Å². The predicted molar refractivity (Wildman–Crippen MR) is 65.6 cm³/mol. The van der Waals surface area contributed by atoms with Crippen molar-refractivity contribution < 1.29 is 4.74 Å². The Morgan fingerprint density at radius 1 is 1.56 bits per heavy atom. The molecule has 2 rings (SSSR count). The van der Waals surface area contributed by atoms with Gasteiger partial charge in [-0.1, -0.05) is 0 Å². The van der Waals surface area contributed by atoms with Crippen molar-refractivity contribution in [1.29, 1.82) is 5.26 Å². The number of nitrogens with zero attached hydrogens (tertiary/aromatic N) is 1. The lowest BCUT2D eigenvalue weighted by molar-refractivity contribution is 0.129. The van der Waals surface area contributed by atoms with Gasteiger partial charge in [0.05, 0.1) is 17.7 Å². The van der Waals surface area contributed by atoms with Crippen LogP contribution in [0.15, 0.2) is 23.1 Å². The molecule has 1 unspecified atom stereocenters. The summed E-state index contributed by atoms with van der Waals surface area (Å²) in [6.07, 6.45) is 2.79. The van der Waals surface area contributed by atoms with Crippen molar-refractivity contribution in [1.82, 2.24) is 0 Å². The summed E-state index contributed by atoms with van der Waals surface area (Å²) in [5, 5.41) is 8.84. The van der Waals surface area contributed by atoms with Crippen molar-refractivity contribution in [3.8, 4) is 6.07 Å². The first-order chi connectivity index (χ1) is 7.79. The molecule has 0 radical (unpaired) electrons. The molecule has 0 aliphatic carbocycles. The molecule has 0 aromatic heterocycles. The Bertz CT molecular complexity index is 405. The van der Waals surface area contributed by atoms with E-state index < -0.39 is 0 Å². The van der Waals surface area contributed by atoms with Crippen LogP contribution in [0.4, 0.5) is 0 Å². The molecule has 1 saturated heterocycles. The Hall–Kier alpha value is -0.980. The van der Waals surface area contributed by atoms with Gasteiger partial charge in [-0.3, -0.25) is 0 Å². The van der Waals surface area contributed by atoms with E-state index in [0.29, 0.717) is 6.10 Å². The predicted octanol–water partition coefficient (Wildman–Crippen LogP) is 3.14. The molecule has 2 nitrogen and oxygen atoms in total. The average Bonchev–Trinajstić information content (AvgIpc) is 2.79. The lowest BCUT2D eigenvalue weighted by atomic mass is 10.1. The van der Waals surface area contributed by atoms with Crippen molar-refractivity contribution in [3.05, 3.63) is 29.3 Å². The molecule has 1 fully saturated rings. The van der Waals surface area contributed by atoms with Gasteiger partial charge in [0.15, 0.2) is 0 Å². The summed E-state index contributed by atoms with van der Waals surface area (Å²) in [6.45, 7) is 2.90. The maximum Gasteiger partial charge on any atom is 0.0994 e. The molecular weight excluding hydrogens is 218 g/mol. The number of thioether (sulfide) groups is 1. The molecule has 0 spiro atoms. The molecule has 0 N–H and O–H groups in total. The number of benzene rings is 1. The topological polar surface area (TPSA) is 33.0 Å². The molecular formula is C13H15NOS. The summed E-state index contributed by atoms with van der Waals surface area (Å²) in [6, 6.07) is 8.18. The van der Waals surface area contributed by atoms with E-state index in [2.05, 4.69) is 12.1 Å². The zero-order valence-corrected chi connectivity index (χ0v) is 10.2. The Morgan fingerprint density at radius 3 is 3.06 bits per heavy atom. The second-order valence-corrected chi connectivity index (χ2v) is 5.13. The standard InChI is InChI=1S/C13H15NOS/c1-10-7-13(5-4-11(10)8-14)16-9-12-3-2-6-15-12/h4-5,7,12H,2-3,6,9H2,1H3. The van der Waals surface area contributed by atoms with Gasteiger partial charge in [-0.2, -0.15) is 5.26 Å². The van der Waals surface area contributed by atoms with Crippen LogP contribution in [0.3, 0.4) is 0 Å². The number of hydrogen-bond acceptors (Lipinski definition) is 3. The van der Waals surface area contributed by atoms with Gasteiger partial charge >= 0.3 is 0 Å². The van der Waals surface area contributed by atoms with Crippen LogP contribution < -0.4 is 0 Å². The van der Waals surface area contributed by atoms with Crippen LogP contribution in [-0.4, -0.2) is 18.5 Å². The maximum atomic E-state index is 8.84. The van der Waals surface area contributed by atoms with Crippen LogP contribution in [0.25, 0.3) is 0 Å². The zero-order chi connectivity index (χ0) is 11.4. The highest BCUT2D eigenvalue weighted by atomic mass is 32.2. The Balaban J connectivity index is 1.94. The Morgan fingerprint density at radius 2 is 2.44 bits per heavy atom. The van der Waals surface area contributed by atoms with Crippen LogP contribution in [0.2, 0.25) is 0 Å². The van der Waals surface area contributed by atoms with Crippen molar-refractivity contribution in [2.45, 2.75) is 30.8 Å². The molecule has 0 bridgehead atoms.